The molecule has 0 aliphatic rings. The van der Waals surface area contributed by atoms with Gasteiger partial charge in [0.2, 0.25) is 0 Å². The van der Waals surface area contributed by atoms with Crippen molar-refractivity contribution in [1.29, 1.82) is 0 Å². The summed E-state index contributed by atoms with van der Waals surface area (Å²) in [7, 11) is 0. The number of nitrogens with one attached hydrogen (secondary N) is 2. The van der Waals surface area contributed by atoms with Crippen LogP contribution in [0.4, 0.5) is 10.2 Å². The highest BCUT2D eigenvalue weighted by molar-refractivity contribution is 6.30. The van der Waals surface area contributed by atoms with Crippen LogP contribution in [0, 0.1) is 5.82 Å². The van der Waals surface area contributed by atoms with E-state index in [0.29, 0.717) is 23.9 Å². The summed E-state index contributed by atoms with van der Waals surface area (Å²) in [6.45, 7) is 0.939. The number of amides is 1. The monoisotopic (exact) mass is 384 g/mol. The third-order valence-electron chi connectivity index (χ3n) is 3.87. The fraction of sp³-hybridized carbons (Fsp3) is 0.150. The molecule has 0 saturated heterocycles. The molecule has 2 aromatic carbocycles. The lowest BCUT2D eigenvalue weighted by atomic mass is 10.1. The standard InChI is InChI=1S/C20H18ClFN4O/c21-16-3-1-2-14(10-16)8-9-23-19-11-18(25-13-26-19)20(27)24-12-15-4-6-17(22)7-5-15/h1-7,10-11,13H,8-9,12H2,(H,24,27)(H,23,25,26). The van der Waals surface area contributed by atoms with E-state index in [0.717, 1.165) is 17.5 Å². The number of benzene rings is 2. The largest absolute Gasteiger partial charge is 0.370 e. The number of hydrogen-bond acceptors (Lipinski definition) is 4. The van der Waals surface area contributed by atoms with E-state index in [1.165, 1.54) is 18.5 Å². The molecule has 0 fully saturated rings. The normalized spacial score (nSPS) is 10.4. The van der Waals surface area contributed by atoms with Crippen LogP contribution in [0.2, 0.25) is 5.02 Å². The minimum Gasteiger partial charge on any atom is -0.370 e. The number of carbonyl (C=O) groups excluding carboxylic acids is 1. The molecule has 0 aliphatic heterocycles. The SMILES string of the molecule is O=C(NCc1ccc(F)cc1)c1cc(NCCc2cccc(Cl)c2)ncn1. The molecule has 3 rings (SSSR count). The van der Waals surface area contributed by atoms with Crippen LogP contribution < -0.4 is 10.6 Å². The lowest BCUT2D eigenvalue weighted by Gasteiger charge is -2.08. The average molecular weight is 385 g/mol. The second-order valence-electron chi connectivity index (χ2n) is 5.90. The first-order valence-corrected chi connectivity index (χ1v) is 8.81. The number of aromatic nitrogens is 2. The Hall–Kier alpha value is -2.99. The molecule has 0 saturated carbocycles. The molecule has 1 heterocycles. The zero-order chi connectivity index (χ0) is 19.1. The van der Waals surface area contributed by atoms with Crippen LogP contribution in [-0.2, 0) is 13.0 Å². The van der Waals surface area contributed by atoms with E-state index in [1.807, 2.05) is 24.3 Å². The zero-order valence-corrected chi connectivity index (χ0v) is 15.2. The third kappa shape index (κ3) is 5.76. The zero-order valence-electron chi connectivity index (χ0n) is 14.5. The summed E-state index contributed by atoms with van der Waals surface area (Å²) in [5.74, 6) is -0.0621. The highest BCUT2D eigenvalue weighted by Crippen LogP contribution is 2.12. The van der Waals surface area contributed by atoms with Crippen molar-refractivity contribution in [2.45, 2.75) is 13.0 Å². The number of rotatable bonds is 7. The van der Waals surface area contributed by atoms with Crippen molar-refractivity contribution in [3.05, 3.63) is 88.6 Å². The van der Waals surface area contributed by atoms with Crippen LogP contribution in [0.25, 0.3) is 0 Å². The van der Waals surface area contributed by atoms with Gasteiger partial charge in [0.25, 0.3) is 5.91 Å². The molecule has 0 unspecified atom stereocenters. The molecule has 2 N–H and O–H groups in total. The summed E-state index contributed by atoms with van der Waals surface area (Å²) >= 11 is 5.97. The third-order valence-corrected chi connectivity index (χ3v) is 4.11. The van der Waals surface area contributed by atoms with E-state index < -0.39 is 0 Å². The maximum Gasteiger partial charge on any atom is 0.270 e. The van der Waals surface area contributed by atoms with E-state index in [-0.39, 0.29) is 17.4 Å². The second-order valence-corrected chi connectivity index (χ2v) is 6.34. The molecule has 1 aromatic heterocycles. The summed E-state index contributed by atoms with van der Waals surface area (Å²) in [5.41, 5.74) is 2.18. The van der Waals surface area contributed by atoms with Crippen molar-refractivity contribution in [3.8, 4) is 0 Å². The number of halogens is 2. The first-order valence-electron chi connectivity index (χ1n) is 8.43. The van der Waals surface area contributed by atoms with Gasteiger partial charge in [-0.25, -0.2) is 14.4 Å². The molecule has 0 radical (unpaired) electrons. The Labute approximate surface area is 161 Å². The first-order chi connectivity index (χ1) is 13.1. The summed E-state index contributed by atoms with van der Waals surface area (Å²) in [6, 6.07) is 15.2. The van der Waals surface area contributed by atoms with Gasteiger partial charge in [0.1, 0.15) is 23.7 Å². The minimum atomic E-state index is -0.320. The number of anilines is 1. The fourth-order valence-electron chi connectivity index (χ4n) is 2.48. The van der Waals surface area contributed by atoms with Gasteiger partial charge in [0, 0.05) is 24.2 Å². The van der Waals surface area contributed by atoms with Crippen LogP contribution in [-0.4, -0.2) is 22.4 Å². The fourth-order valence-corrected chi connectivity index (χ4v) is 2.69. The van der Waals surface area contributed by atoms with Gasteiger partial charge in [-0.1, -0.05) is 35.9 Å². The van der Waals surface area contributed by atoms with E-state index in [4.69, 9.17) is 11.6 Å². The van der Waals surface area contributed by atoms with Crippen LogP contribution >= 0.6 is 11.6 Å². The summed E-state index contributed by atoms with van der Waals surface area (Å²) in [4.78, 5) is 20.4. The molecule has 1 amide bonds. The van der Waals surface area contributed by atoms with Gasteiger partial charge in [-0.05, 0) is 41.8 Å². The Morgan fingerprint density at radius 3 is 2.63 bits per heavy atom. The number of carbonyl (C=O) groups is 1. The van der Waals surface area contributed by atoms with Gasteiger partial charge in [-0.2, -0.15) is 0 Å². The lowest BCUT2D eigenvalue weighted by molar-refractivity contribution is 0.0946. The van der Waals surface area contributed by atoms with E-state index in [9.17, 15) is 9.18 Å². The molecule has 138 valence electrons. The molecule has 7 heteroatoms. The highest BCUT2D eigenvalue weighted by atomic mass is 35.5. The molecule has 0 spiro atoms. The van der Waals surface area contributed by atoms with Gasteiger partial charge in [0.05, 0.1) is 0 Å². The van der Waals surface area contributed by atoms with Gasteiger partial charge >= 0.3 is 0 Å². The Morgan fingerprint density at radius 1 is 1.04 bits per heavy atom. The van der Waals surface area contributed by atoms with Crippen molar-refractivity contribution in [2.75, 3.05) is 11.9 Å². The van der Waals surface area contributed by atoms with Gasteiger partial charge in [0.15, 0.2) is 0 Å². The molecule has 0 atom stereocenters. The van der Waals surface area contributed by atoms with Crippen molar-refractivity contribution in [2.24, 2.45) is 0 Å². The van der Waals surface area contributed by atoms with Crippen LogP contribution in [0.3, 0.4) is 0 Å². The molecular formula is C20H18ClFN4O. The molecular weight excluding hydrogens is 367 g/mol. The van der Waals surface area contributed by atoms with Gasteiger partial charge in [-0.3, -0.25) is 4.79 Å². The molecule has 0 bridgehead atoms. The molecule has 5 nitrogen and oxygen atoms in total. The van der Waals surface area contributed by atoms with E-state index >= 15 is 0 Å². The second kappa shape index (κ2) is 9.09. The maximum atomic E-state index is 12.9. The van der Waals surface area contributed by atoms with Gasteiger partial charge in [-0.15, -0.1) is 0 Å². The quantitative estimate of drug-likeness (QED) is 0.649. The Balaban J connectivity index is 1.53. The van der Waals surface area contributed by atoms with Crippen LogP contribution in [0.15, 0.2) is 60.9 Å². The Morgan fingerprint density at radius 2 is 1.85 bits per heavy atom. The highest BCUT2D eigenvalue weighted by Gasteiger charge is 2.08. The summed E-state index contributed by atoms with van der Waals surface area (Å²) < 4.78 is 12.9. The predicted octanol–water partition coefficient (Wildman–Crippen LogP) is 3.85. The maximum absolute atomic E-state index is 12.9. The van der Waals surface area contributed by atoms with Crippen LogP contribution in [0.5, 0.6) is 0 Å². The van der Waals surface area contributed by atoms with Crippen LogP contribution in [0.1, 0.15) is 21.6 Å². The van der Waals surface area contributed by atoms with E-state index in [2.05, 4.69) is 20.6 Å². The molecule has 27 heavy (non-hydrogen) atoms. The Bertz CT molecular complexity index is 918. The number of hydrogen-bond donors (Lipinski definition) is 2. The van der Waals surface area contributed by atoms with Crippen molar-refractivity contribution < 1.29 is 9.18 Å². The van der Waals surface area contributed by atoms with Crippen molar-refractivity contribution in [1.82, 2.24) is 15.3 Å². The topological polar surface area (TPSA) is 66.9 Å². The molecule has 0 aliphatic carbocycles. The Kier molecular flexibility index (Phi) is 6.33. The summed E-state index contributed by atoms with van der Waals surface area (Å²) in [6.07, 6.45) is 2.12. The smallest absolute Gasteiger partial charge is 0.270 e. The summed E-state index contributed by atoms with van der Waals surface area (Å²) in [5, 5.41) is 6.63. The van der Waals surface area contributed by atoms with Crippen molar-refractivity contribution in [3.63, 3.8) is 0 Å². The minimum absolute atomic E-state index is 0.261. The van der Waals surface area contributed by atoms with Crippen molar-refractivity contribution >= 4 is 23.3 Å². The average Bonchev–Trinajstić information content (AvgIpc) is 2.68. The van der Waals surface area contributed by atoms with E-state index in [1.54, 1.807) is 18.2 Å². The first kappa shape index (κ1) is 18.8. The predicted molar refractivity (Wildman–Crippen MR) is 103 cm³/mol. The molecule has 3 aromatic rings. The number of nitrogens with zero attached hydrogens (tertiary/aromatic N) is 2. The van der Waals surface area contributed by atoms with Gasteiger partial charge < -0.3 is 10.6 Å². The lowest BCUT2D eigenvalue weighted by Crippen LogP contribution is -2.24.